The van der Waals surface area contributed by atoms with Gasteiger partial charge in [0.1, 0.15) is 0 Å². The number of benzene rings is 2. The summed E-state index contributed by atoms with van der Waals surface area (Å²) in [7, 11) is 0. The van der Waals surface area contributed by atoms with Gasteiger partial charge in [0.2, 0.25) is 5.95 Å². The lowest BCUT2D eigenvalue weighted by Crippen LogP contribution is -2.00. The number of hydrogen-bond donors (Lipinski definition) is 2. The van der Waals surface area contributed by atoms with Crippen molar-refractivity contribution in [1.82, 2.24) is 15.2 Å². The van der Waals surface area contributed by atoms with Gasteiger partial charge in [-0.3, -0.25) is 15.2 Å². The minimum atomic E-state index is -0.434. The zero-order valence-electron chi connectivity index (χ0n) is 11.6. The van der Waals surface area contributed by atoms with E-state index in [1.807, 2.05) is 30.3 Å². The Morgan fingerprint density at radius 1 is 1.09 bits per heavy atom. The molecule has 7 heteroatoms. The Labute approximate surface area is 126 Å². The largest absolute Gasteiger partial charge is 0.349 e. The molecule has 0 bridgehead atoms. The average Bonchev–Trinajstić information content (AvgIpc) is 3.03. The molecule has 2 aromatic carbocycles. The van der Waals surface area contributed by atoms with Crippen LogP contribution in [0.3, 0.4) is 0 Å². The van der Waals surface area contributed by atoms with Crippen molar-refractivity contribution >= 4 is 11.6 Å². The summed E-state index contributed by atoms with van der Waals surface area (Å²) in [5.74, 6) is 1.04. The number of nitro groups is 1. The van der Waals surface area contributed by atoms with Gasteiger partial charge in [0, 0.05) is 24.2 Å². The first-order valence-corrected chi connectivity index (χ1v) is 6.67. The number of H-pyrrole nitrogens is 1. The molecule has 22 heavy (non-hydrogen) atoms. The van der Waals surface area contributed by atoms with Gasteiger partial charge in [0.15, 0.2) is 5.82 Å². The Kier molecular flexibility index (Phi) is 3.78. The number of nitrogens with zero attached hydrogens (tertiary/aromatic N) is 3. The van der Waals surface area contributed by atoms with Gasteiger partial charge in [0.05, 0.1) is 4.92 Å². The molecule has 0 amide bonds. The monoisotopic (exact) mass is 295 g/mol. The van der Waals surface area contributed by atoms with Crippen molar-refractivity contribution in [1.29, 1.82) is 0 Å². The highest BCUT2D eigenvalue weighted by atomic mass is 16.6. The van der Waals surface area contributed by atoms with Gasteiger partial charge in [-0.2, -0.15) is 4.98 Å². The molecule has 3 aromatic rings. The molecule has 0 aliphatic heterocycles. The normalized spacial score (nSPS) is 10.4. The van der Waals surface area contributed by atoms with Crippen LogP contribution in [0, 0.1) is 10.1 Å². The summed E-state index contributed by atoms with van der Waals surface area (Å²) >= 11 is 0. The Hall–Kier alpha value is -3.22. The Morgan fingerprint density at radius 2 is 1.82 bits per heavy atom. The maximum Gasteiger partial charge on any atom is 0.269 e. The van der Waals surface area contributed by atoms with E-state index in [0.29, 0.717) is 18.3 Å². The molecule has 3 rings (SSSR count). The zero-order valence-corrected chi connectivity index (χ0v) is 11.6. The maximum absolute atomic E-state index is 10.6. The molecule has 0 aliphatic carbocycles. The van der Waals surface area contributed by atoms with Crippen LogP contribution in [0.5, 0.6) is 0 Å². The van der Waals surface area contributed by atoms with Gasteiger partial charge < -0.3 is 5.32 Å². The molecular formula is C15H13N5O2. The molecule has 0 unspecified atom stereocenters. The molecule has 0 radical (unpaired) electrons. The van der Waals surface area contributed by atoms with Crippen LogP contribution in [0.4, 0.5) is 11.6 Å². The number of rotatable bonds is 5. The first-order valence-electron chi connectivity index (χ1n) is 6.67. The first-order chi connectivity index (χ1) is 10.7. The van der Waals surface area contributed by atoms with E-state index in [0.717, 1.165) is 11.1 Å². The molecule has 0 saturated carbocycles. The Morgan fingerprint density at radius 3 is 2.50 bits per heavy atom. The van der Waals surface area contributed by atoms with Crippen LogP contribution in [-0.2, 0) is 6.54 Å². The predicted octanol–water partition coefficient (Wildman–Crippen LogP) is 2.99. The maximum atomic E-state index is 10.6. The fourth-order valence-electron chi connectivity index (χ4n) is 1.99. The van der Waals surface area contributed by atoms with E-state index in [-0.39, 0.29) is 5.69 Å². The van der Waals surface area contributed by atoms with E-state index >= 15 is 0 Å². The van der Waals surface area contributed by atoms with Gasteiger partial charge in [-0.1, -0.05) is 30.3 Å². The molecule has 0 fully saturated rings. The van der Waals surface area contributed by atoms with Gasteiger partial charge in [0.25, 0.3) is 5.69 Å². The van der Waals surface area contributed by atoms with Crippen LogP contribution < -0.4 is 5.32 Å². The van der Waals surface area contributed by atoms with E-state index in [4.69, 9.17) is 0 Å². The quantitative estimate of drug-likeness (QED) is 0.557. The van der Waals surface area contributed by atoms with Crippen LogP contribution in [-0.4, -0.2) is 20.1 Å². The summed E-state index contributed by atoms with van der Waals surface area (Å²) in [5, 5.41) is 20.6. The average molecular weight is 295 g/mol. The zero-order chi connectivity index (χ0) is 15.4. The Bertz CT molecular complexity index is 768. The van der Waals surface area contributed by atoms with Crippen LogP contribution >= 0.6 is 0 Å². The molecule has 2 N–H and O–H groups in total. The summed E-state index contributed by atoms with van der Waals surface area (Å²) < 4.78 is 0. The summed E-state index contributed by atoms with van der Waals surface area (Å²) in [6.07, 6.45) is 0. The lowest BCUT2D eigenvalue weighted by atomic mass is 10.2. The third-order valence-corrected chi connectivity index (χ3v) is 3.13. The second-order valence-corrected chi connectivity index (χ2v) is 4.65. The van der Waals surface area contributed by atoms with Gasteiger partial charge >= 0.3 is 0 Å². The van der Waals surface area contributed by atoms with Crippen molar-refractivity contribution in [2.75, 3.05) is 5.32 Å². The second-order valence-electron chi connectivity index (χ2n) is 4.65. The lowest BCUT2D eigenvalue weighted by Gasteiger charge is -2.00. The van der Waals surface area contributed by atoms with E-state index in [1.165, 1.54) is 12.1 Å². The third kappa shape index (κ3) is 3.09. The minimum Gasteiger partial charge on any atom is -0.349 e. The molecule has 110 valence electrons. The van der Waals surface area contributed by atoms with Gasteiger partial charge in [-0.25, -0.2) is 0 Å². The number of aromatic amines is 1. The van der Waals surface area contributed by atoms with Crippen molar-refractivity contribution in [3.8, 4) is 11.4 Å². The number of nitrogens with one attached hydrogen (secondary N) is 2. The highest BCUT2D eigenvalue weighted by Crippen LogP contribution is 2.20. The van der Waals surface area contributed by atoms with Crippen molar-refractivity contribution < 1.29 is 4.92 Å². The van der Waals surface area contributed by atoms with Crippen molar-refractivity contribution in [2.24, 2.45) is 0 Å². The summed E-state index contributed by atoms with van der Waals surface area (Å²) in [4.78, 5) is 14.5. The standard InChI is InChI=1S/C15H13N5O2/c21-20(22)13-8-6-12(7-9-13)14-17-15(19-18-14)16-10-11-4-2-1-3-5-11/h1-9H,10H2,(H2,16,17,18,19). The lowest BCUT2D eigenvalue weighted by molar-refractivity contribution is -0.384. The summed E-state index contributed by atoms with van der Waals surface area (Å²) in [6, 6.07) is 16.1. The second kappa shape index (κ2) is 6.04. The smallest absolute Gasteiger partial charge is 0.269 e. The number of non-ortho nitro benzene ring substituents is 1. The van der Waals surface area contributed by atoms with E-state index in [9.17, 15) is 10.1 Å². The molecule has 0 saturated heterocycles. The van der Waals surface area contributed by atoms with E-state index < -0.39 is 4.92 Å². The third-order valence-electron chi connectivity index (χ3n) is 3.13. The number of anilines is 1. The molecule has 1 aromatic heterocycles. The number of aromatic nitrogens is 3. The number of hydrogen-bond acceptors (Lipinski definition) is 5. The van der Waals surface area contributed by atoms with Crippen LogP contribution in [0.1, 0.15) is 5.56 Å². The number of nitro benzene ring substituents is 1. The molecular weight excluding hydrogens is 282 g/mol. The van der Waals surface area contributed by atoms with Gasteiger partial charge in [-0.05, 0) is 17.7 Å². The highest BCUT2D eigenvalue weighted by Gasteiger charge is 2.08. The predicted molar refractivity (Wildman–Crippen MR) is 82.2 cm³/mol. The highest BCUT2D eigenvalue weighted by molar-refractivity contribution is 5.58. The summed E-state index contributed by atoms with van der Waals surface area (Å²) in [6.45, 7) is 0.623. The van der Waals surface area contributed by atoms with Crippen molar-refractivity contribution in [3.63, 3.8) is 0 Å². The topological polar surface area (TPSA) is 96.7 Å². The van der Waals surface area contributed by atoms with Crippen LogP contribution in [0.25, 0.3) is 11.4 Å². The minimum absolute atomic E-state index is 0.0469. The van der Waals surface area contributed by atoms with Crippen LogP contribution in [0.2, 0.25) is 0 Å². The molecule has 0 spiro atoms. The Balaban J connectivity index is 1.69. The van der Waals surface area contributed by atoms with E-state index in [2.05, 4.69) is 20.5 Å². The summed E-state index contributed by atoms with van der Waals surface area (Å²) in [5.41, 5.74) is 1.92. The van der Waals surface area contributed by atoms with Gasteiger partial charge in [-0.15, -0.1) is 5.10 Å². The molecule has 7 nitrogen and oxygen atoms in total. The fraction of sp³-hybridized carbons (Fsp3) is 0.0667. The van der Waals surface area contributed by atoms with Crippen LogP contribution in [0.15, 0.2) is 54.6 Å². The van der Waals surface area contributed by atoms with Crippen molar-refractivity contribution in [3.05, 3.63) is 70.3 Å². The van der Waals surface area contributed by atoms with E-state index in [1.54, 1.807) is 12.1 Å². The molecule has 1 heterocycles. The fourth-order valence-corrected chi connectivity index (χ4v) is 1.99. The first kappa shape index (κ1) is 13.7. The molecule has 0 atom stereocenters. The molecule has 0 aliphatic rings. The van der Waals surface area contributed by atoms with Crippen molar-refractivity contribution in [2.45, 2.75) is 6.54 Å². The SMILES string of the molecule is O=[N+]([O-])c1ccc(-c2nc(NCc3ccccc3)n[nH]2)cc1.